The number of benzene rings is 1. The molecule has 2 saturated heterocycles. The van der Waals surface area contributed by atoms with Gasteiger partial charge in [0.2, 0.25) is 15.0 Å². The largest absolute Gasteiger partial charge is 0.376 e. The smallest absolute Gasteiger partial charge is 0.228 e. The van der Waals surface area contributed by atoms with Gasteiger partial charge in [-0.25, -0.2) is 17.8 Å². The third kappa shape index (κ3) is 6.42. The maximum absolute atomic E-state index is 13.5. The van der Waals surface area contributed by atoms with Crippen LogP contribution in [-0.4, -0.2) is 66.0 Å². The first-order valence-electron chi connectivity index (χ1n) is 12.7. The van der Waals surface area contributed by atoms with Crippen LogP contribution in [0.2, 0.25) is 0 Å². The summed E-state index contributed by atoms with van der Waals surface area (Å²) in [7, 11) is -3.78. The fourth-order valence-electron chi connectivity index (χ4n) is 4.76. The summed E-state index contributed by atoms with van der Waals surface area (Å²) in [6.07, 6.45) is 7.71. The molecule has 36 heavy (non-hydrogen) atoms. The Kier molecular flexibility index (Phi) is 7.90. The molecule has 0 amide bonds. The van der Waals surface area contributed by atoms with E-state index in [1.54, 1.807) is 10.8 Å². The van der Waals surface area contributed by atoms with Crippen molar-refractivity contribution in [3.05, 3.63) is 47.5 Å². The maximum Gasteiger partial charge on any atom is 0.228 e. The third-order valence-electron chi connectivity index (χ3n) is 6.85. The lowest BCUT2D eigenvalue weighted by Gasteiger charge is -2.29. The van der Waals surface area contributed by atoms with Crippen molar-refractivity contribution in [1.29, 1.82) is 0 Å². The fourth-order valence-corrected chi connectivity index (χ4v) is 6.57. The van der Waals surface area contributed by atoms with Crippen LogP contribution in [0.4, 0.5) is 4.39 Å². The summed E-state index contributed by atoms with van der Waals surface area (Å²) < 4.78 is 53.7. The minimum absolute atomic E-state index is 0.00969. The van der Waals surface area contributed by atoms with E-state index in [0.717, 1.165) is 50.8 Å². The van der Waals surface area contributed by atoms with E-state index in [0.29, 0.717) is 43.0 Å². The molecule has 2 aromatic rings. The average Bonchev–Trinajstić information content (AvgIpc) is 3.24. The lowest BCUT2D eigenvalue weighted by Crippen LogP contribution is -2.44. The zero-order chi connectivity index (χ0) is 25.1. The average molecular weight is 537 g/mol. The summed E-state index contributed by atoms with van der Waals surface area (Å²) >= 11 is 5.75. The van der Waals surface area contributed by atoms with Crippen molar-refractivity contribution < 1.29 is 22.3 Å². The van der Waals surface area contributed by atoms with E-state index in [9.17, 15) is 12.8 Å². The minimum Gasteiger partial charge on any atom is -0.376 e. The summed E-state index contributed by atoms with van der Waals surface area (Å²) in [5.74, 6) is -0.656. The highest BCUT2D eigenvalue weighted by Gasteiger charge is 2.30. The Labute approximate surface area is 217 Å². The number of nitrogens with one attached hydrogen (secondary N) is 1. The highest BCUT2D eigenvalue weighted by Crippen LogP contribution is 2.24. The van der Waals surface area contributed by atoms with Gasteiger partial charge in [-0.15, -0.1) is 0 Å². The third-order valence-corrected chi connectivity index (χ3v) is 8.82. The summed E-state index contributed by atoms with van der Waals surface area (Å²) in [6, 6.07) is 5.93. The van der Waals surface area contributed by atoms with Gasteiger partial charge in [0.1, 0.15) is 5.82 Å². The van der Waals surface area contributed by atoms with E-state index >= 15 is 0 Å². The van der Waals surface area contributed by atoms with Crippen molar-refractivity contribution in [2.45, 2.75) is 80.8 Å². The van der Waals surface area contributed by atoms with Crippen LogP contribution in [0.1, 0.15) is 49.8 Å². The molecule has 11 heteroatoms. The van der Waals surface area contributed by atoms with E-state index in [2.05, 4.69) is 15.2 Å². The van der Waals surface area contributed by atoms with Gasteiger partial charge in [-0.2, -0.15) is 0 Å². The predicted octanol–water partition coefficient (Wildman–Crippen LogP) is 3.19. The van der Waals surface area contributed by atoms with E-state index in [1.807, 2.05) is 0 Å². The van der Waals surface area contributed by atoms with Crippen LogP contribution in [0.25, 0.3) is 0 Å². The molecule has 2 aliphatic heterocycles. The number of rotatable bonds is 10. The van der Waals surface area contributed by atoms with Gasteiger partial charge in [0.05, 0.1) is 42.9 Å². The molecule has 1 aromatic heterocycles. The summed E-state index contributed by atoms with van der Waals surface area (Å²) in [4.78, 5) is 6.46. The zero-order valence-corrected chi connectivity index (χ0v) is 21.9. The Balaban J connectivity index is 1.41. The summed E-state index contributed by atoms with van der Waals surface area (Å²) in [5, 5.41) is 4.08. The van der Waals surface area contributed by atoms with E-state index < -0.39 is 15.7 Å². The first kappa shape index (κ1) is 25.6. The Morgan fingerprint density at radius 2 is 1.81 bits per heavy atom. The van der Waals surface area contributed by atoms with Crippen molar-refractivity contribution in [2.24, 2.45) is 0 Å². The van der Waals surface area contributed by atoms with E-state index in [4.69, 9.17) is 21.7 Å². The highest BCUT2D eigenvalue weighted by atomic mass is 32.2. The van der Waals surface area contributed by atoms with Crippen LogP contribution >= 0.6 is 12.2 Å². The van der Waals surface area contributed by atoms with Crippen LogP contribution in [0.5, 0.6) is 0 Å². The Morgan fingerprint density at radius 3 is 2.44 bits per heavy atom. The normalized spacial score (nSPS) is 22.1. The number of hydrogen-bond acceptors (Lipinski definition) is 6. The Hall–Kier alpha value is -2.08. The molecule has 8 nitrogen and oxygen atoms in total. The van der Waals surface area contributed by atoms with Crippen molar-refractivity contribution >= 4 is 27.2 Å². The van der Waals surface area contributed by atoms with E-state index in [1.165, 1.54) is 24.3 Å². The van der Waals surface area contributed by atoms with Gasteiger partial charge >= 0.3 is 0 Å². The van der Waals surface area contributed by atoms with Crippen LogP contribution in [0, 0.1) is 5.82 Å². The minimum atomic E-state index is -3.78. The lowest BCUT2D eigenvalue weighted by molar-refractivity contribution is 0.0862. The van der Waals surface area contributed by atoms with Crippen LogP contribution in [-0.2, 0) is 38.2 Å². The number of aromatic nitrogens is 2. The van der Waals surface area contributed by atoms with Crippen LogP contribution in [0.15, 0.2) is 35.6 Å². The second-order valence-corrected chi connectivity index (χ2v) is 12.2. The molecule has 0 spiro atoms. The molecule has 1 aromatic carbocycles. The monoisotopic (exact) mass is 536 g/mol. The Morgan fingerprint density at radius 1 is 1.11 bits per heavy atom. The van der Waals surface area contributed by atoms with Crippen LogP contribution < -0.4 is 5.32 Å². The molecule has 5 rings (SSSR count). The second-order valence-electron chi connectivity index (χ2n) is 9.90. The van der Waals surface area contributed by atoms with Gasteiger partial charge < -0.3 is 24.3 Å². The fraction of sp³-hybridized carbons (Fsp3) is 0.600. The number of ether oxygens (including phenoxy) is 2. The zero-order valence-electron chi connectivity index (χ0n) is 20.3. The summed E-state index contributed by atoms with van der Waals surface area (Å²) in [6.45, 7) is 2.90. The lowest BCUT2D eigenvalue weighted by atomic mass is 10.2. The van der Waals surface area contributed by atoms with Crippen molar-refractivity contribution in [2.75, 3.05) is 19.8 Å². The Bertz CT molecular complexity index is 1160. The molecule has 2 atom stereocenters. The topological polar surface area (TPSA) is 85.7 Å². The quantitative estimate of drug-likeness (QED) is 0.464. The number of halogens is 1. The van der Waals surface area contributed by atoms with Gasteiger partial charge in [0.25, 0.3) is 0 Å². The number of thiocarbonyl (C=S) groups is 1. The first-order valence-corrected chi connectivity index (χ1v) is 14.7. The van der Waals surface area contributed by atoms with Crippen molar-refractivity contribution in [3.8, 4) is 0 Å². The second kappa shape index (κ2) is 11.1. The molecule has 1 N–H and O–H groups in total. The van der Waals surface area contributed by atoms with Gasteiger partial charge in [0, 0.05) is 25.8 Å². The number of hydrogen-bond donors (Lipinski definition) is 1. The van der Waals surface area contributed by atoms with Gasteiger partial charge in [-0.1, -0.05) is 12.1 Å². The molecule has 0 radical (unpaired) electrons. The standard InChI is InChI=1S/C25H33FN4O4S2/c26-19-7-5-18(6-8-19)17-36(31,32)25-27-13-21(30(25)16-23-4-2-12-34-23)14-29(15-22-3-1-11-33-22)24(35)28-20-9-10-20/h5-8,13,20,22-23H,1-4,9-12,14-17H2,(H,28,35)/t22-,23-/m1/s1. The molecule has 3 aliphatic rings. The molecule has 0 bridgehead atoms. The van der Waals surface area contributed by atoms with Gasteiger partial charge in [0.15, 0.2) is 5.11 Å². The SMILES string of the molecule is O=S(=O)(Cc1ccc(F)cc1)c1ncc(CN(C[C@H]2CCCO2)C(=S)NC2CC2)n1C[C@H]1CCCO1. The predicted molar refractivity (Wildman–Crippen MR) is 137 cm³/mol. The van der Waals surface area contributed by atoms with Crippen molar-refractivity contribution in [1.82, 2.24) is 19.8 Å². The van der Waals surface area contributed by atoms with Crippen molar-refractivity contribution in [3.63, 3.8) is 0 Å². The first-order chi connectivity index (χ1) is 17.4. The molecular weight excluding hydrogens is 503 g/mol. The molecular formula is C25H33FN4O4S2. The number of sulfone groups is 1. The number of imidazole rings is 1. The molecule has 3 fully saturated rings. The molecule has 1 saturated carbocycles. The molecule has 196 valence electrons. The maximum atomic E-state index is 13.5. The number of nitrogens with zero attached hydrogens (tertiary/aromatic N) is 3. The van der Waals surface area contributed by atoms with E-state index in [-0.39, 0.29) is 23.1 Å². The molecule has 1 aliphatic carbocycles. The molecule has 0 unspecified atom stereocenters. The van der Waals surface area contributed by atoms with Crippen LogP contribution in [0.3, 0.4) is 0 Å². The highest BCUT2D eigenvalue weighted by molar-refractivity contribution is 7.90. The molecule has 3 heterocycles. The summed E-state index contributed by atoms with van der Waals surface area (Å²) in [5.41, 5.74) is 1.28. The van der Waals surface area contributed by atoms with Gasteiger partial charge in [-0.3, -0.25) is 0 Å². The van der Waals surface area contributed by atoms with Gasteiger partial charge in [-0.05, 0) is 68.4 Å².